The predicted octanol–water partition coefficient (Wildman–Crippen LogP) is 4.65. The number of rotatable bonds is 7. The number of aryl methyl sites for hydroxylation is 2. The summed E-state index contributed by atoms with van der Waals surface area (Å²) in [6, 6.07) is 12.9. The van der Waals surface area contributed by atoms with Gasteiger partial charge in [0.05, 0.1) is 16.2 Å². The minimum absolute atomic E-state index is 0.1000. The van der Waals surface area contributed by atoms with Gasteiger partial charge in [0.1, 0.15) is 17.3 Å². The van der Waals surface area contributed by atoms with Crippen LogP contribution < -0.4 is 10.2 Å². The van der Waals surface area contributed by atoms with Gasteiger partial charge in [0.2, 0.25) is 0 Å². The van der Waals surface area contributed by atoms with E-state index in [0.29, 0.717) is 27.9 Å². The van der Waals surface area contributed by atoms with Crippen molar-refractivity contribution in [3.63, 3.8) is 0 Å². The van der Waals surface area contributed by atoms with Crippen LogP contribution in [0.4, 0.5) is 5.69 Å². The van der Waals surface area contributed by atoms with Gasteiger partial charge >= 0.3 is 0 Å². The lowest BCUT2D eigenvalue weighted by Crippen LogP contribution is -2.24. The van der Waals surface area contributed by atoms with Crippen LogP contribution >= 0.6 is 11.6 Å². The number of nitro groups is 1. The van der Waals surface area contributed by atoms with Crippen LogP contribution in [0, 0.1) is 24.0 Å². The van der Waals surface area contributed by atoms with E-state index < -0.39 is 10.8 Å². The number of nitrogens with zero attached hydrogens (tertiary/aromatic N) is 2. The van der Waals surface area contributed by atoms with Gasteiger partial charge in [-0.15, -0.1) is 0 Å². The number of nitrogens with one attached hydrogen (secondary N) is 1. The van der Waals surface area contributed by atoms with Crippen molar-refractivity contribution in [3.05, 3.63) is 80.6 Å². The molecule has 0 saturated heterocycles. The van der Waals surface area contributed by atoms with Crippen LogP contribution in [0.15, 0.2) is 58.0 Å². The number of ether oxygens (including phenoxy) is 1. The van der Waals surface area contributed by atoms with E-state index in [9.17, 15) is 14.9 Å². The molecule has 1 N–H and O–H groups in total. The second kappa shape index (κ2) is 9.23. The van der Waals surface area contributed by atoms with Gasteiger partial charge in [0, 0.05) is 17.7 Å². The Morgan fingerprint density at radius 1 is 1.20 bits per heavy atom. The molecule has 3 aromatic rings. The molecule has 154 valence electrons. The van der Waals surface area contributed by atoms with E-state index in [0.717, 1.165) is 11.1 Å². The molecular weight excluding hydrogens is 410 g/mol. The fourth-order valence-corrected chi connectivity index (χ4v) is 2.75. The average Bonchev–Trinajstić information content (AvgIpc) is 3.17. The number of carbonyl (C=O) groups is 1. The lowest BCUT2D eigenvalue weighted by Gasteiger charge is -2.07. The number of hydrogen-bond donors (Lipinski definition) is 1. The Hall–Kier alpha value is -3.65. The number of hydrogen-bond acceptors (Lipinski definition) is 6. The van der Waals surface area contributed by atoms with Crippen molar-refractivity contribution in [3.8, 4) is 17.1 Å². The van der Waals surface area contributed by atoms with Crippen molar-refractivity contribution in [2.45, 2.75) is 13.8 Å². The summed E-state index contributed by atoms with van der Waals surface area (Å²) < 4.78 is 11.0. The Morgan fingerprint density at radius 2 is 2.00 bits per heavy atom. The van der Waals surface area contributed by atoms with Crippen molar-refractivity contribution >= 4 is 29.4 Å². The van der Waals surface area contributed by atoms with E-state index in [1.54, 1.807) is 18.2 Å². The Balaban J connectivity index is 1.58. The summed E-state index contributed by atoms with van der Waals surface area (Å²) in [7, 11) is 0. The SMILES string of the molecule is Cc1ccc(OCC(=O)N/N=C\c2ccc(-c3cc([N+](=O)[O-])ccc3Cl)o2)cc1C. The van der Waals surface area contributed by atoms with Crippen LogP contribution in [0.1, 0.15) is 16.9 Å². The van der Waals surface area contributed by atoms with Crippen molar-refractivity contribution < 1.29 is 18.9 Å². The topological polar surface area (TPSA) is 107 Å². The van der Waals surface area contributed by atoms with Gasteiger partial charge < -0.3 is 9.15 Å². The first kappa shape index (κ1) is 21.1. The number of halogens is 1. The summed E-state index contributed by atoms with van der Waals surface area (Å²) >= 11 is 6.11. The van der Waals surface area contributed by atoms with Gasteiger partial charge in [-0.2, -0.15) is 5.10 Å². The molecule has 1 aromatic heterocycles. The van der Waals surface area contributed by atoms with Crippen molar-refractivity contribution in [2.75, 3.05) is 6.61 Å². The van der Waals surface area contributed by atoms with Crippen LogP contribution in [-0.2, 0) is 4.79 Å². The summed E-state index contributed by atoms with van der Waals surface area (Å²) in [4.78, 5) is 22.3. The minimum atomic E-state index is -0.513. The van der Waals surface area contributed by atoms with Crippen LogP contribution in [0.5, 0.6) is 5.75 Å². The fourth-order valence-electron chi connectivity index (χ4n) is 2.54. The van der Waals surface area contributed by atoms with Gasteiger partial charge in [-0.3, -0.25) is 14.9 Å². The zero-order valence-electron chi connectivity index (χ0n) is 16.2. The van der Waals surface area contributed by atoms with E-state index in [-0.39, 0.29) is 12.3 Å². The summed E-state index contributed by atoms with van der Waals surface area (Å²) in [6.07, 6.45) is 1.31. The number of nitro benzene ring substituents is 1. The highest BCUT2D eigenvalue weighted by Gasteiger charge is 2.14. The molecule has 0 atom stereocenters. The molecule has 8 nitrogen and oxygen atoms in total. The van der Waals surface area contributed by atoms with Gasteiger partial charge in [-0.05, 0) is 55.3 Å². The molecule has 9 heteroatoms. The molecule has 2 aromatic carbocycles. The molecular formula is C21H18ClN3O5. The maximum absolute atomic E-state index is 11.9. The molecule has 0 aliphatic carbocycles. The van der Waals surface area contributed by atoms with Gasteiger partial charge in [0.25, 0.3) is 11.6 Å². The number of benzene rings is 2. The second-order valence-electron chi connectivity index (χ2n) is 6.45. The molecule has 30 heavy (non-hydrogen) atoms. The average molecular weight is 428 g/mol. The minimum Gasteiger partial charge on any atom is -0.484 e. The third kappa shape index (κ3) is 5.24. The third-order valence-corrected chi connectivity index (χ3v) is 4.61. The zero-order valence-corrected chi connectivity index (χ0v) is 17.0. The van der Waals surface area contributed by atoms with E-state index in [2.05, 4.69) is 10.5 Å². The van der Waals surface area contributed by atoms with Gasteiger partial charge in [0.15, 0.2) is 6.61 Å². The molecule has 0 fully saturated rings. The van der Waals surface area contributed by atoms with Crippen molar-refractivity contribution in [2.24, 2.45) is 5.10 Å². The number of carbonyl (C=O) groups excluding carboxylic acids is 1. The van der Waals surface area contributed by atoms with Crippen LogP contribution in [-0.4, -0.2) is 23.7 Å². The summed E-state index contributed by atoms with van der Waals surface area (Å²) in [5.41, 5.74) is 4.84. The first-order chi connectivity index (χ1) is 14.3. The Kier molecular flexibility index (Phi) is 6.48. The molecule has 0 saturated carbocycles. The van der Waals surface area contributed by atoms with E-state index in [1.807, 2.05) is 26.0 Å². The first-order valence-corrected chi connectivity index (χ1v) is 9.27. The van der Waals surface area contributed by atoms with Crippen molar-refractivity contribution in [1.82, 2.24) is 5.43 Å². The highest BCUT2D eigenvalue weighted by atomic mass is 35.5. The normalized spacial score (nSPS) is 10.9. The second-order valence-corrected chi connectivity index (χ2v) is 6.86. The fraction of sp³-hybridized carbons (Fsp3) is 0.143. The number of non-ortho nitro benzene ring substituents is 1. The summed E-state index contributed by atoms with van der Waals surface area (Å²) in [5, 5.41) is 15.1. The molecule has 0 bridgehead atoms. The smallest absolute Gasteiger partial charge is 0.277 e. The highest BCUT2D eigenvalue weighted by molar-refractivity contribution is 6.33. The standard InChI is InChI=1S/C21H18ClN3O5/c1-13-3-5-16(9-14(13)2)29-12-21(26)24-23-11-17-6-8-20(30-17)18-10-15(25(27)28)4-7-19(18)22/h3-11H,12H2,1-2H3,(H,24,26)/b23-11-. The predicted molar refractivity (Wildman–Crippen MR) is 113 cm³/mol. The first-order valence-electron chi connectivity index (χ1n) is 8.89. The molecule has 3 rings (SSSR count). The third-order valence-electron chi connectivity index (χ3n) is 4.28. The molecule has 0 unspecified atom stereocenters. The monoisotopic (exact) mass is 427 g/mol. The lowest BCUT2D eigenvalue weighted by atomic mass is 10.1. The molecule has 0 aliphatic heterocycles. The maximum atomic E-state index is 11.9. The van der Waals surface area contributed by atoms with Gasteiger partial charge in [-0.25, -0.2) is 5.43 Å². The quantitative estimate of drug-likeness (QED) is 0.335. The largest absolute Gasteiger partial charge is 0.484 e. The van der Waals surface area contributed by atoms with E-state index >= 15 is 0 Å². The molecule has 1 amide bonds. The number of furan rings is 1. The van der Waals surface area contributed by atoms with E-state index in [1.165, 1.54) is 24.4 Å². The molecule has 0 spiro atoms. The molecule has 0 radical (unpaired) electrons. The van der Waals surface area contributed by atoms with Crippen LogP contribution in [0.3, 0.4) is 0 Å². The van der Waals surface area contributed by atoms with Crippen LogP contribution in [0.25, 0.3) is 11.3 Å². The Labute approximate surface area is 177 Å². The summed E-state index contributed by atoms with van der Waals surface area (Å²) in [5.74, 6) is 0.845. The molecule has 0 aliphatic rings. The number of hydrazone groups is 1. The maximum Gasteiger partial charge on any atom is 0.277 e. The van der Waals surface area contributed by atoms with E-state index in [4.69, 9.17) is 20.8 Å². The zero-order chi connectivity index (χ0) is 21.7. The molecule has 1 heterocycles. The van der Waals surface area contributed by atoms with Gasteiger partial charge in [-0.1, -0.05) is 17.7 Å². The van der Waals surface area contributed by atoms with Crippen molar-refractivity contribution in [1.29, 1.82) is 0 Å². The lowest BCUT2D eigenvalue weighted by molar-refractivity contribution is -0.384. The number of amides is 1. The Bertz CT molecular complexity index is 1120. The highest BCUT2D eigenvalue weighted by Crippen LogP contribution is 2.32. The Morgan fingerprint density at radius 3 is 2.73 bits per heavy atom. The van der Waals surface area contributed by atoms with Crippen LogP contribution in [0.2, 0.25) is 5.02 Å². The summed E-state index contributed by atoms with van der Waals surface area (Å²) in [6.45, 7) is 3.77.